The quantitative estimate of drug-likeness (QED) is 0.136. The number of hydrogen-bond donors (Lipinski definition) is 0. The van der Waals surface area contributed by atoms with Gasteiger partial charge in [0.15, 0.2) is 0 Å². The van der Waals surface area contributed by atoms with E-state index in [-0.39, 0.29) is 164 Å². The van der Waals surface area contributed by atoms with Crippen molar-refractivity contribution in [3.05, 3.63) is 93.0 Å². The van der Waals surface area contributed by atoms with Gasteiger partial charge >= 0.3 is 98.1 Å². The van der Waals surface area contributed by atoms with E-state index in [4.69, 9.17) is 0 Å². The zero-order valence-electron chi connectivity index (χ0n) is 63.5. The summed E-state index contributed by atoms with van der Waals surface area (Å²) in [4.78, 5) is 0. The molecule has 0 amide bonds. The van der Waals surface area contributed by atoms with Crippen LogP contribution in [0.25, 0.3) is 0 Å². The molecule has 0 unspecified atom stereocenters. The fourth-order valence-corrected chi connectivity index (χ4v) is 7.04. The van der Waals surface area contributed by atoms with Crippen LogP contribution in [0.4, 0.5) is 0 Å². The van der Waals surface area contributed by atoms with Crippen LogP contribution in [0.15, 0.2) is 48.5 Å². The summed E-state index contributed by atoms with van der Waals surface area (Å²) < 4.78 is 37.3. The fourth-order valence-electron chi connectivity index (χ4n) is 7.04. The third-order valence-electron chi connectivity index (χ3n) is 12.9. The molecule has 2 radical (unpaired) electrons. The van der Waals surface area contributed by atoms with Gasteiger partial charge in [-0.05, 0) is 65.6 Å². The van der Waals surface area contributed by atoms with Gasteiger partial charge < -0.3 is 78.7 Å². The van der Waals surface area contributed by atoms with E-state index in [0.29, 0.717) is 75.1 Å². The zero-order valence-corrected chi connectivity index (χ0v) is 71.0. The first-order chi connectivity index (χ1) is 39.8. The first kappa shape index (κ1) is 106. The minimum absolute atomic E-state index is 0. The molecule has 20 heteroatoms. The molecule has 0 aromatic heterocycles. The van der Waals surface area contributed by atoms with Crippen molar-refractivity contribution < 1.29 is 177 Å². The molecule has 522 valence electrons. The van der Waals surface area contributed by atoms with Gasteiger partial charge in [-0.15, -0.1) is 46.0 Å². The first-order valence-corrected chi connectivity index (χ1v) is 29.8. The van der Waals surface area contributed by atoms with Gasteiger partial charge in [-0.25, -0.2) is 0 Å². The van der Waals surface area contributed by atoms with Crippen LogP contribution in [-0.4, -0.2) is 110 Å². The maximum Gasteiger partial charge on any atom is 3.00 e. The monoisotopic (exact) mass is 1490 g/mol. The number of methoxy groups -OCH3 is 8. The van der Waals surface area contributed by atoms with Crippen LogP contribution in [0.2, 0.25) is 0 Å². The van der Waals surface area contributed by atoms with Crippen LogP contribution in [0, 0.1) is 0 Å². The molecule has 0 saturated carbocycles. The minimum atomic E-state index is -0.391. The molecule has 0 heterocycles. The normalized spacial score (nSPS) is 11.3. The van der Waals surface area contributed by atoms with Crippen LogP contribution in [0.1, 0.15) is 211 Å². The molecule has 0 spiro atoms. The molecule has 4 rings (SSSR count). The van der Waals surface area contributed by atoms with Crippen molar-refractivity contribution in [1.82, 2.24) is 0 Å². The van der Waals surface area contributed by atoms with E-state index in [1.807, 2.05) is 190 Å². The third-order valence-corrected chi connectivity index (χ3v) is 12.9. The van der Waals surface area contributed by atoms with Gasteiger partial charge in [-0.2, -0.15) is 0 Å². The van der Waals surface area contributed by atoms with E-state index < -0.39 is 23.0 Å². The predicted molar refractivity (Wildman–Crippen MR) is 346 cm³/mol. The van der Waals surface area contributed by atoms with Gasteiger partial charge in [0.1, 0.15) is 0 Å². The van der Waals surface area contributed by atoms with E-state index in [9.17, 15) is 40.9 Å². The van der Waals surface area contributed by atoms with Crippen LogP contribution in [0.5, 0.6) is 46.0 Å². The Morgan fingerprint density at radius 2 is 0.326 bits per heavy atom. The van der Waals surface area contributed by atoms with E-state index in [1.54, 1.807) is 56.9 Å². The Kier molecular flexibility index (Phi) is 57.4. The Morgan fingerprint density at radius 3 is 0.402 bits per heavy atom. The number of hydrogen-bond acceptors (Lipinski definition) is 16. The average Bonchev–Trinajstić information content (AvgIpc) is 1.41. The molecule has 0 N–H and O–H groups in total. The zero-order chi connectivity index (χ0) is 70.2. The van der Waals surface area contributed by atoms with Crippen molar-refractivity contribution in [2.24, 2.45) is 0 Å². The van der Waals surface area contributed by atoms with Crippen molar-refractivity contribution >= 4 is 0 Å². The van der Waals surface area contributed by atoms with Gasteiger partial charge in [0, 0.05) is 56.9 Å². The maximum absolute atomic E-state index is 11.8. The summed E-state index contributed by atoms with van der Waals surface area (Å²) >= 11 is 0. The minimum Gasteiger partial charge on any atom is -0.873 e. The molecular weight excluding hydrogens is 1370 g/mol. The molecule has 0 fully saturated rings. The molecule has 4 aromatic rings. The summed E-state index contributed by atoms with van der Waals surface area (Å²) in [6.07, 6.45) is 0. The van der Waals surface area contributed by atoms with Crippen molar-refractivity contribution in [2.75, 3.05) is 110 Å². The number of rotatable bonds is 12. The standard InChI is InChI=1S/4C14H22O2.4C4H10O2.2Na.2Ru/c4*1-13(2,3)9-7-10(14(4,5)6)12(16)11(15)8-9;4*1-5-3-4-6-2;;;;/h4*7-8,15-16H,1-6H3;4*3-4H2,1-2H3;;;;/q;;;;;;;;2*+1;2*+3/p-8. The Bertz CT molecular complexity index is 2180. The second-order valence-electron chi connectivity index (χ2n) is 29.3. The Morgan fingerprint density at radius 1 is 0.217 bits per heavy atom. The second-order valence-corrected chi connectivity index (χ2v) is 29.3. The van der Waals surface area contributed by atoms with Crippen molar-refractivity contribution in [1.29, 1.82) is 0 Å². The molecule has 4 aromatic carbocycles. The second kappa shape index (κ2) is 49.7. The average molecular weight is 1490 g/mol. The summed E-state index contributed by atoms with van der Waals surface area (Å²) in [6.45, 7) is 53.5. The fraction of sp³-hybridized carbons (Fsp3) is 0.667. The Balaban J connectivity index is -0.000000150. The van der Waals surface area contributed by atoms with E-state index in [0.717, 1.165) is 22.3 Å². The Hall–Kier alpha value is -1.79. The van der Waals surface area contributed by atoms with Crippen molar-refractivity contribution in [2.45, 2.75) is 209 Å². The predicted octanol–water partition coefficient (Wildman–Crippen LogP) is 4.84. The van der Waals surface area contributed by atoms with Crippen LogP contribution in [-0.2, 0) is 120 Å². The van der Waals surface area contributed by atoms with Gasteiger partial charge in [0.05, 0.1) is 52.9 Å². The van der Waals surface area contributed by atoms with E-state index in [2.05, 4.69) is 37.9 Å². The number of ether oxygens (including phenoxy) is 8. The van der Waals surface area contributed by atoms with Gasteiger partial charge in [-0.3, -0.25) is 0 Å². The molecular formula is C72H120Na2O16Ru2. The largest absolute Gasteiger partial charge is 3.00 e. The summed E-state index contributed by atoms with van der Waals surface area (Å²) in [6, 6.07) is 13.4. The maximum atomic E-state index is 11.8. The topological polar surface area (TPSA) is 258 Å². The van der Waals surface area contributed by atoms with Crippen LogP contribution < -0.4 is 100.0 Å². The molecule has 0 saturated heterocycles. The molecule has 0 atom stereocenters. The summed E-state index contributed by atoms with van der Waals surface area (Å²) in [7, 11) is 13.2. The molecule has 0 aliphatic heterocycles. The van der Waals surface area contributed by atoms with Crippen molar-refractivity contribution in [3.8, 4) is 46.0 Å². The van der Waals surface area contributed by atoms with Gasteiger partial charge in [0.2, 0.25) is 0 Å². The third kappa shape index (κ3) is 44.9. The number of benzene rings is 4. The van der Waals surface area contributed by atoms with E-state index in [1.165, 1.54) is 24.3 Å². The van der Waals surface area contributed by atoms with E-state index >= 15 is 0 Å². The van der Waals surface area contributed by atoms with Gasteiger partial charge in [0.25, 0.3) is 0 Å². The van der Waals surface area contributed by atoms with Crippen LogP contribution in [0.3, 0.4) is 0 Å². The van der Waals surface area contributed by atoms with Crippen molar-refractivity contribution in [3.63, 3.8) is 0 Å². The van der Waals surface area contributed by atoms with Crippen LogP contribution >= 0.6 is 0 Å². The summed E-state index contributed by atoms with van der Waals surface area (Å²) in [5.41, 5.74) is 4.65. The first-order valence-electron chi connectivity index (χ1n) is 29.8. The summed E-state index contributed by atoms with van der Waals surface area (Å²) in [5.74, 6) is -3.01. The molecule has 92 heavy (non-hydrogen) atoms. The molecule has 0 bridgehead atoms. The SMILES string of the molecule is CC(C)(C)c1cc([O-])c([O-])c(C(C)(C)C)c1.CC(C)(C)c1cc([O-])c([O-])c(C(C)(C)C)c1.CC(C)(C)c1cc([O-])c([O-])c(C(C)(C)C)c1.CC(C)(C)c1cc([O-])c([O-])c(C(C)(C)C)c1.COCCOC.COCCOC.COCCOC.COCCOC.[Na+].[Na+].[Ru+3].[Ru+3]. The summed E-state index contributed by atoms with van der Waals surface area (Å²) in [5, 5.41) is 93.7. The smallest absolute Gasteiger partial charge is 0.873 e. The molecule has 16 nitrogen and oxygen atoms in total. The van der Waals surface area contributed by atoms with Gasteiger partial charge in [-0.1, -0.05) is 237 Å². The molecule has 0 aliphatic carbocycles. The molecule has 0 aliphatic rings. The Labute approximate surface area is 629 Å².